The number of sulfone groups is 1. The van der Waals surface area contributed by atoms with E-state index in [9.17, 15) is 13.2 Å². The number of aromatic nitrogens is 3. The van der Waals surface area contributed by atoms with Crippen molar-refractivity contribution in [2.45, 2.75) is 16.3 Å². The molecule has 0 fully saturated rings. The third-order valence-corrected chi connectivity index (χ3v) is 6.08. The average molecular weight is 392 g/mol. The monoisotopic (exact) mass is 392 g/mol. The molecule has 8 heteroatoms. The second kappa shape index (κ2) is 7.24. The number of nitrogens with zero attached hydrogens (tertiary/aromatic N) is 2. The van der Waals surface area contributed by atoms with Crippen molar-refractivity contribution >= 4 is 15.7 Å². The standard InChI is InChI=1S/C20H16N4O3S/c25-20(18-11-10-17-19(23-18)13-22-24-17)21-12-14-6-8-16(9-7-14)28(26,27)15-4-2-1-3-5-15/h1-11,13,23H,12H2,(H,21,25). The van der Waals surface area contributed by atoms with Crippen molar-refractivity contribution in [3.63, 3.8) is 0 Å². The zero-order chi connectivity index (χ0) is 19.6. The van der Waals surface area contributed by atoms with E-state index < -0.39 is 9.84 Å². The summed E-state index contributed by atoms with van der Waals surface area (Å²) in [4.78, 5) is 15.7. The lowest BCUT2D eigenvalue weighted by Crippen LogP contribution is -2.24. The van der Waals surface area contributed by atoms with Crippen molar-refractivity contribution < 1.29 is 13.2 Å². The summed E-state index contributed by atoms with van der Waals surface area (Å²) >= 11 is 0. The van der Waals surface area contributed by atoms with Gasteiger partial charge in [0.25, 0.3) is 5.91 Å². The molecule has 140 valence electrons. The number of pyridine rings is 1. The topological polar surface area (TPSA) is 105 Å². The van der Waals surface area contributed by atoms with Crippen LogP contribution in [0.15, 0.2) is 82.7 Å². The predicted molar refractivity (Wildman–Crippen MR) is 103 cm³/mol. The maximum absolute atomic E-state index is 12.6. The minimum atomic E-state index is -3.55. The summed E-state index contributed by atoms with van der Waals surface area (Å²) in [6.45, 7) is 0.272. The van der Waals surface area contributed by atoms with Crippen molar-refractivity contribution in [3.05, 3.63) is 84.2 Å². The van der Waals surface area contributed by atoms with Gasteiger partial charge in [0.05, 0.1) is 21.7 Å². The first-order chi connectivity index (χ1) is 13.5. The molecule has 2 aromatic rings. The highest BCUT2D eigenvalue weighted by Gasteiger charge is 2.17. The fourth-order valence-corrected chi connectivity index (χ4v) is 4.05. The van der Waals surface area contributed by atoms with Gasteiger partial charge in [-0.1, -0.05) is 30.3 Å². The molecule has 4 rings (SSSR count). The summed E-state index contributed by atoms with van der Waals surface area (Å²) in [7, 11) is -3.55. The predicted octanol–water partition coefficient (Wildman–Crippen LogP) is 2.67. The summed E-state index contributed by atoms with van der Waals surface area (Å²) < 4.78 is 25.2. The van der Waals surface area contributed by atoms with Gasteiger partial charge in [-0.15, -0.1) is 5.10 Å². The van der Waals surface area contributed by atoms with Crippen LogP contribution in [-0.4, -0.2) is 29.5 Å². The Kier molecular flexibility index (Phi) is 4.62. The summed E-state index contributed by atoms with van der Waals surface area (Å²) in [6, 6.07) is 18.1. The summed E-state index contributed by atoms with van der Waals surface area (Å²) in [5, 5.41) is 10.5. The van der Waals surface area contributed by atoms with Gasteiger partial charge in [-0.05, 0) is 42.0 Å². The number of carbonyl (C=O) groups excluding carboxylic acids is 1. The molecule has 1 amide bonds. The van der Waals surface area contributed by atoms with Crippen LogP contribution in [0.3, 0.4) is 0 Å². The number of nitrogens with one attached hydrogen (secondary N) is 2. The fourth-order valence-electron chi connectivity index (χ4n) is 2.77. The van der Waals surface area contributed by atoms with Crippen LogP contribution in [0.25, 0.3) is 11.4 Å². The molecule has 0 saturated carbocycles. The zero-order valence-electron chi connectivity index (χ0n) is 14.7. The van der Waals surface area contributed by atoms with E-state index in [4.69, 9.17) is 0 Å². The highest BCUT2D eigenvalue weighted by atomic mass is 32.2. The SMILES string of the molecule is O=C(NCc1ccc(S(=O)(=O)c2ccccc2)cc1)c1ccc2nncc-2[nH]1. The largest absolute Gasteiger partial charge is 0.348 e. The van der Waals surface area contributed by atoms with E-state index in [0.29, 0.717) is 17.1 Å². The third kappa shape index (κ3) is 3.49. The Balaban J connectivity index is 1.45. The van der Waals surface area contributed by atoms with Crippen LogP contribution in [0.5, 0.6) is 0 Å². The van der Waals surface area contributed by atoms with Gasteiger partial charge in [-0.25, -0.2) is 8.42 Å². The number of fused-ring (bicyclic) bond motifs is 1. The Bertz CT molecular complexity index is 1190. The van der Waals surface area contributed by atoms with Gasteiger partial charge in [0.15, 0.2) is 0 Å². The third-order valence-electron chi connectivity index (χ3n) is 4.29. The smallest absolute Gasteiger partial charge is 0.267 e. The molecular weight excluding hydrogens is 376 g/mol. The molecule has 0 atom stereocenters. The van der Waals surface area contributed by atoms with Crippen molar-refractivity contribution in [1.82, 2.24) is 20.5 Å². The molecule has 2 aliphatic rings. The number of carbonyl (C=O) groups is 1. The van der Waals surface area contributed by atoms with E-state index >= 15 is 0 Å². The van der Waals surface area contributed by atoms with Crippen LogP contribution in [0.4, 0.5) is 0 Å². The molecule has 0 spiro atoms. The van der Waals surface area contributed by atoms with E-state index in [0.717, 1.165) is 5.56 Å². The molecule has 0 aromatic heterocycles. The highest BCUT2D eigenvalue weighted by Crippen LogP contribution is 2.21. The lowest BCUT2D eigenvalue weighted by molar-refractivity contribution is 0.0946. The molecule has 7 nitrogen and oxygen atoms in total. The van der Waals surface area contributed by atoms with Crippen LogP contribution in [-0.2, 0) is 16.4 Å². The Morgan fingerprint density at radius 1 is 0.929 bits per heavy atom. The Hall–Kier alpha value is -3.52. The maximum Gasteiger partial charge on any atom is 0.267 e. The number of H-pyrrole nitrogens is 1. The van der Waals surface area contributed by atoms with E-state index in [-0.39, 0.29) is 22.2 Å². The Morgan fingerprint density at radius 2 is 1.64 bits per heavy atom. The van der Waals surface area contributed by atoms with Gasteiger partial charge in [-0.2, -0.15) is 5.10 Å². The molecule has 2 N–H and O–H groups in total. The lowest BCUT2D eigenvalue weighted by Gasteiger charge is -2.08. The molecule has 2 heterocycles. The van der Waals surface area contributed by atoms with E-state index in [2.05, 4.69) is 20.5 Å². The molecule has 0 radical (unpaired) electrons. The Labute approximate surface area is 161 Å². The number of hydrogen-bond acceptors (Lipinski definition) is 5. The van der Waals surface area contributed by atoms with Gasteiger partial charge in [0.1, 0.15) is 11.4 Å². The number of aromatic amines is 1. The van der Waals surface area contributed by atoms with Gasteiger partial charge in [0.2, 0.25) is 9.84 Å². The first-order valence-electron chi connectivity index (χ1n) is 8.52. The molecule has 28 heavy (non-hydrogen) atoms. The first kappa shape index (κ1) is 17.9. The van der Waals surface area contributed by atoms with Crippen molar-refractivity contribution in [3.8, 4) is 11.4 Å². The maximum atomic E-state index is 12.6. The summed E-state index contributed by atoms with van der Waals surface area (Å²) in [6.07, 6.45) is 1.55. The quantitative estimate of drug-likeness (QED) is 0.543. The van der Waals surface area contributed by atoms with Gasteiger partial charge >= 0.3 is 0 Å². The molecule has 0 bridgehead atoms. The minimum absolute atomic E-state index is 0.212. The Morgan fingerprint density at radius 3 is 2.39 bits per heavy atom. The number of benzene rings is 2. The first-order valence-corrected chi connectivity index (χ1v) is 10.00. The van der Waals surface area contributed by atoms with Crippen molar-refractivity contribution in [1.29, 1.82) is 0 Å². The van der Waals surface area contributed by atoms with Crippen molar-refractivity contribution in [2.75, 3.05) is 0 Å². The van der Waals surface area contributed by atoms with E-state index in [1.807, 2.05) is 0 Å². The second-order valence-corrected chi connectivity index (χ2v) is 8.11. The van der Waals surface area contributed by atoms with Gasteiger partial charge in [-0.3, -0.25) is 4.79 Å². The number of amides is 1. The van der Waals surface area contributed by atoms with Crippen LogP contribution in [0.2, 0.25) is 0 Å². The molecule has 2 aromatic carbocycles. The molecule has 0 aliphatic carbocycles. The average Bonchev–Trinajstić information content (AvgIpc) is 3.21. The second-order valence-electron chi connectivity index (χ2n) is 6.16. The van der Waals surface area contributed by atoms with Gasteiger partial charge in [0, 0.05) is 6.54 Å². The van der Waals surface area contributed by atoms with Crippen LogP contribution in [0.1, 0.15) is 16.1 Å². The van der Waals surface area contributed by atoms with Crippen LogP contribution < -0.4 is 5.32 Å². The highest BCUT2D eigenvalue weighted by molar-refractivity contribution is 7.91. The summed E-state index contributed by atoms with van der Waals surface area (Å²) in [5.74, 6) is -0.274. The lowest BCUT2D eigenvalue weighted by atomic mass is 10.2. The fraction of sp³-hybridized carbons (Fsp3) is 0.0500. The zero-order valence-corrected chi connectivity index (χ0v) is 15.5. The van der Waals surface area contributed by atoms with E-state index in [1.54, 1.807) is 72.9 Å². The van der Waals surface area contributed by atoms with Crippen LogP contribution in [0, 0.1) is 0 Å². The molecular formula is C20H16N4O3S. The molecule has 2 aliphatic heterocycles. The molecule has 0 unspecified atom stereocenters. The van der Waals surface area contributed by atoms with Crippen LogP contribution >= 0.6 is 0 Å². The van der Waals surface area contributed by atoms with E-state index in [1.165, 1.54) is 0 Å². The normalized spacial score (nSPS) is 11.4. The number of rotatable bonds is 5. The number of hydrogen-bond donors (Lipinski definition) is 2. The summed E-state index contributed by atoms with van der Waals surface area (Å²) in [5.41, 5.74) is 2.55. The van der Waals surface area contributed by atoms with Gasteiger partial charge < -0.3 is 10.3 Å². The van der Waals surface area contributed by atoms with Crippen molar-refractivity contribution in [2.24, 2.45) is 0 Å². The molecule has 0 saturated heterocycles. The minimum Gasteiger partial charge on any atom is -0.348 e.